The molecule has 40 valence electrons. The lowest BCUT2D eigenvalue weighted by Gasteiger charge is -1.83. The number of nitrogens with two attached hydrogens (primary N) is 1. The summed E-state index contributed by atoms with van der Waals surface area (Å²) in [6, 6.07) is 0. The molecule has 0 aromatic heterocycles. The summed E-state index contributed by atoms with van der Waals surface area (Å²) in [4.78, 5) is 0. The third kappa shape index (κ3) is 5.01. The zero-order valence-corrected chi connectivity index (χ0v) is 4.10. The summed E-state index contributed by atoms with van der Waals surface area (Å²) >= 11 is 0. The lowest BCUT2D eigenvalue weighted by atomic mass is 10.4. The van der Waals surface area contributed by atoms with Crippen molar-refractivity contribution in [3.63, 3.8) is 0 Å². The highest BCUT2D eigenvalue weighted by Crippen LogP contribution is 1.75. The number of rotatable bonds is 1. The van der Waals surface area contributed by atoms with E-state index in [0.717, 1.165) is 0 Å². The van der Waals surface area contributed by atoms with Crippen molar-refractivity contribution >= 4 is 5.71 Å². The van der Waals surface area contributed by atoms with E-state index in [-0.39, 0.29) is 11.6 Å². The smallest absolute Gasteiger partial charge is 0.183 e. The first-order valence-electron chi connectivity index (χ1n) is 1.84. The molecule has 0 spiro atoms. The van der Waals surface area contributed by atoms with Crippen molar-refractivity contribution in [3.05, 3.63) is 12.0 Å². The fourth-order valence-corrected chi connectivity index (χ4v) is 0.222. The number of hydrogen-bond acceptors (Lipinski definition) is 3. The summed E-state index contributed by atoms with van der Waals surface area (Å²) < 4.78 is 0. The Morgan fingerprint density at radius 3 is 2.29 bits per heavy atom. The third-order valence-electron chi connectivity index (χ3n) is 0.364. The van der Waals surface area contributed by atoms with Gasteiger partial charge in [0.1, 0.15) is 0 Å². The van der Waals surface area contributed by atoms with Gasteiger partial charge in [-0.25, -0.2) is 0 Å². The molecule has 3 nitrogen and oxygen atoms in total. The van der Waals surface area contributed by atoms with Gasteiger partial charge in [-0.05, 0) is 6.92 Å². The zero-order valence-electron chi connectivity index (χ0n) is 4.10. The molecule has 0 aliphatic carbocycles. The van der Waals surface area contributed by atoms with Crippen molar-refractivity contribution in [1.82, 2.24) is 0 Å². The first kappa shape index (κ1) is 6.01. The summed E-state index contributed by atoms with van der Waals surface area (Å²) in [5, 5.41) is 14.9. The topological polar surface area (TPSA) is 70.1 Å². The van der Waals surface area contributed by atoms with E-state index < -0.39 is 0 Å². The van der Waals surface area contributed by atoms with Crippen LogP contribution in [0.3, 0.4) is 0 Å². The van der Waals surface area contributed by atoms with Gasteiger partial charge < -0.3 is 16.2 Å². The highest BCUT2D eigenvalue weighted by molar-refractivity contribution is 5.90. The van der Waals surface area contributed by atoms with Crippen LogP contribution in [0.25, 0.3) is 0 Å². The molecule has 0 bridgehead atoms. The predicted molar refractivity (Wildman–Crippen MR) is 28.3 cm³/mol. The van der Waals surface area contributed by atoms with Crippen LogP contribution in [0.5, 0.6) is 0 Å². The van der Waals surface area contributed by atoms with Gasteiger partial charge in [0.15, 0.2) is 5.88 Å². The van der Waals surface area contributed by atoms with Gasteiger partial charge in [-0.3, -0.25) is 0 Å². The van der Waals surface area contributed by atoms with E-state index >= 15 is 0 Å². The third-order valence-corrected chi connectivity index (χ3v) is 0.364. The number of aliphatic hydroxyl groups is 1. The Labute approximate surface area is 42.0 Å². The van der Waals surface area contributed by atoms with Gasteiger partial charge in [-0.2, -0.15) is 0 Å². The molecule has 0 aliphatic heterocycles. The number of hydrogen-bond donors (Lipinski definition) is 3. The first-order valence-corrected chi connectivity index (χ1v) is 1.84. The van der Waals surface area contributed by atoms with Gasteiger partial charge >= 0.3 is 0 Å². The fraction of sp³-hybridized carbons (Fsp3) is 0.250. The molecular formula is C4H8N2O. The molecule has 0 saturated carbocycles. The average Bonchev–Trinajstić information content (AvgIpc) is 1.27. The maximum Gasteiger partial charge on any atom is 0.183 e. The molecule has 0 rings (SSSR count). The van der Waals surface area contributed by atoms with Crippen LogP contribution in [0.2, 0.25) is 0 Å². The van der Waals surface area contributed by atoms with Crippen molar-refractivity contribution in [3.8, 4) is 0 Å². The van der Waals surface area contributed by atoms with Crippen molar-refractivity contribution in [2.45, 2.75) is 6.92 Å². The first-order chi connectivity index (χ1) is 3.13. The largest absolute Gasteiger partial charge is 0.495 e. The van der Waals surface area contributed by atoms with Gasteiger partial charge in [-0.15, -0.1) is 0 Å². The Bertz CT molecular complexity index is 102. The standard InChI is InChI=1S/C4H8N2O/c1-3(5)2-4(6)7/h2,5,7H,6H2,1H3/b4-2+,5-3?. The summed E-state index contributed by atoms with van der Waals surface area (Å²) in [7, 11) is 0. The average molecular weight is 100 g/mol. The number of nitrogens with one attached hydrogen (secondary N) is 1. The molecule has 0 aromatic carbocycles. The monoisotopic (exact) mass is 100 g/mol. The van der Waals surface area contributed by atoms with Gasteiger partial charge in [0.05, 0.1) is 0 Å². The van der Waals surface area contributed by atoms with Crippen LogP contribution in [0, 0.1) is 5.41 Å². The maximum absolute atomic E-state index is 8.22. The van der Waals surface area contributed by atoms with Crippen molar-refractivity contribution < 1.29 is 5.11 Å². The lowest BCUT2D eigenvalue weighted by molar-refractivity contribution is 0.406. The van der Waals surface area contributed by atoms with E-state index in [1.165, 1.54) is 13.0 Å². The SMILES string of the molecule is CC(=N)/C=C(\N)O. The molecule has 4 N–H and O–H groups in total. The molecule has 0 atom stereocenters. The van der Waals surface area contributed by atoms with Crippen molar-refractivity contribution in [2.24, 2.45) is 5.73 Å². The number of allylic oxidation sites excluding steroid dienone is 1. The van der Waals surface area contributed by atoms with Crippen LogP contribution in [0.15, 0.2) is 12.0 Å². The second kappa shape index (κ2) is 2.23. The summed E-state index contributed by atoms with van der Waals surface area (Å²) in [5.74, 6) is -0.312. The summed E-state index contributed by atoms with van der Waals surface area (Å²) in [6.45, 7) is 1.53. The van der Waals surface area contributed by atoms with E-state index in [1.807, 2.05) is 0 Å². The van der Waals surface area contributed by atoms with Crippen LogP contribution in [-0.2, 0) is 0 Å². The van der Waals surface area contributed by atoms with Crippen molar-refractivity contribution in [1.29, 1.82) is 5.41 Å². The molecular weight excluding hydrogens is 92.1 g/mol. The minimum atomic E-state index is -0.312. The Morgan fingerprint density at radius 1 is 1.86 bits per heavy atom. The Balaban J connectivity index is 3.68. The second-order valence-corrected chi connectivity index (χ2v) is 1.25. The summed E-state index contributed by atoms with van der Waals surface area (Å²) in [6.07, 6.45) is 1.17. The van der Waals surface area contributed by atoms with Crippen LogP contribution in [-0.4, -0.2) is 10.8 Å². The Kier molecular flexibility index (Phi) is 1.91. The molecule has 0 unspecified atom stereocenters. The highest BCUT2D eigenvalue weighted by atomic mass is 16.3. The minimum absolute atomic E-state index is 0.250. The van der Waals surface area contributed by atoms with Gasteiger partial charge in [-0.1, -0.05) is 0 Å². The van der Waals surface area contributed by atoms with Crippen LogP contribution >= 0.6 is 0 Å². The molecule has 0 saturated heterocycles. The van der Waals surface area contributed by atoms with Gasteiger partial charge in [0, 0.05) is 11.8 Å². The molecule has 7 heavy (non-hydrogen) atoms. The quantitative estimate of drug-likeness (QED) is 0.329. The molecule has 0 aliphatic rings. The van der Waals surface area contributed by atoms with Crippen LogP contribution in [0.4, 0.5) is 0 Å². The minimum Gasteiger partial charge on any atom is -0.495 e. The van der Waals surface area contributed by atoms with Gasteiger partial charge in [0.25, 0.3) is 0 Å². The highest BCUT2D eigenvalue weighted by Gasteiger charge is 1.79. The number of aliphatic hydroxyl groups excluding tert-OH is 1. The molecule has 0 fully saturated rings. The van der Waals surface area contributed by atoms with E-state index in [4.69, 9.17) is 16.2 Å². The zero-order chi connectivity index (χ0) is 5.86. The Hall–Kier alpha value is -0.990. The molecule has 0 radical (unpaired) electrons. The van der Waals surface area contributed by atoms with E-state index in [0.29, 0.717) is 0 Å². The predicted octanol–water partition coefficient (Wildman–Crippen LogP) is 0.384. The van der Waals surface area contributed by atoms with E-state index in [1.54, 1.807) is 0 Å². The van der Waals surface area contributed by atoms with Crippen LogP contribution in [0.1, 0.15) is 6.92 Å². The summed E-state index contributed by atoms with van der Waals surface area (Å²) in [5.41, 5.74) is 5.02. The van der Waals surface area contributed by atoms with Crippen molar-refractivity contribution in [2.75, 3.05) is 0 Å². The van der Waals surface area contributed by atoms with E-state index in [9.17, 15) is 0 Å². The maximum atomic E-state index is 8.22. The lowest BCUT2D eigenvalue weighted by Crippen LogP contribution is -1.96. The molecule has 0 heterocycles. The second-order valence-electron chi connectivity index (χ2n) is 1.25. The molecule has 0 amide bonds. The van der Waals surface area contributed by atoms with Gasteiger partial charge in [0.2, 0.25) is 0 Å². The fourth-order valence-electron chi connectivity index (χ4n) is 0.222. The molecule has 3 heteroatoms. The Morgan fingerprint density at radius 2 is 2.29 bits per heavy atom. The molecule has 0 aromatic rings. The normalized spacial score (nSPS) is 11.3. The van der Waals surface area contributed by atoms with E-state index in [2.05, 4.69) is 0 Å². The van der Waals surface area contributed by atoms with Crippen LogP contribution < -0.4 is 5.73 Å².